The van der Waals surface area contributed by atoms with E-state index in [2.05, 4.69) is 5.32 Å². The first-order valence-electron chi connectivity index (χ1n) is 13.0. The summed E-state index contributed by atoms with van der Waals surface area (Å²) in [6.07, 6.45) is 8.26. The van der Waals surface area contributed by atoms with Crippen molar-refractivity contribution >= 4 is 18.0 Å². The van der Waals surface area contributed by atoms with Crippen LogP contribution in [0.15, 0.2) is 0 Å². The molecule has 2 heterocycles. The highest BCUT2D eigenvalue weighted by Crippen LogP contribution is 2.29. The van der Waals surface area contributed by atoms with Crippen molar-refractivity contribution in [2.75, 3.05) is 32.7 Å². The van der Waals surface area contributed by atoms with E-state index in [1.807, 2.05) is 30.6 Å². The van der Waals surface area contributed by atoms with Crippen molar-refractivity contribution in [2.24, 2.45) is 5.92 Å². The van der Waals surface area contributed by atoms with E-state index in [-0.39, 0.29) is 30.6 Å². The molecule has 1 saturated carbocycles. The highest BCUT2D eigenvalue weighted by molar-refractivity contribution is 5.86. The molecule has 2 saturated heterocycles. The minimum atomic E-state index is -0.788. The van der Waals surface area contributed by atoms with Crippen molar-refractivity contribution in [3.8, 4) is 0 Å². The number of piperidine rings is 2. The zero-order valence-electron chi connectivity index (χ0n) is 21.1. The van der Waals surface area contributed by atoms with Gasteiger partial charge in [0.25, 0.3) is 0 Å². The summed E-state index contributed by atoms with van der Waals surface area (Å²) in [5.74, 6) is -0.638. The van der Waals surface area contributed by atoms with Crippen LogP contribution < -0.4 is 5.32 Å². The van der Waals surface area contributed by atoms with Gasteiger partial charge in [-0.3, -0.25) is 14.5 Å². The lowest BCUT2D eigenvalue weighted by atomic mass is 9.83. The number of carboxylic acid groups (broad SMARTS) is 1. The van der Waals surface area contributed by atoms with Gasteiger partial charge in [0.15, 0.2) is 0 Å². The molecule has 9 nitrogen and oxygen atoms in total. The van der Waals surface area contributed by atoms with Gasteiger partial charge in [0.05, 0.1) is 18.8 Å². The van der Waals surface area contributed by atoms with Gasteiger partial charge in [-0.05, 0) is 65.2 Å². The molecule has 2 aliphatic heterocycles. The number of hydrogen-bond donors (Lipinski definition) is 2. The number of ether oxygens (including phenoxy) is 2. The summed E-state index contributed by atoms with van der Waals surface area (Å²) in [4.78, 5) is 40.7. The Kier molecular flexibility index (Phi) is 9.59. The van der Waals surface area contributed by atoms with Gasteiger partial charge in [-0.15, -0.1) is 0 Å². The maximum absolute atomic E-state index is 13.5. The number of nitrogens with one attached hydrogen (secondary N) is 1. The SMILES string of the molecule is CC(C)(C)OC(=O)N[C@@H](C(=O)N1CCC(OC2CCN(CC(=O)O)CC2)CC1)C1CCCCC1. The fourth-order valence-electron chi connectivity index (χ4n) is 5.36. The molecule has 0 unspecified atom stereocenters. The van der Waals surface area contributed by atoms with Crippen molar-refractivity contribution in [1.82, 2.24) is 15.1 Å². The summed E-state index contributed by atoms with van der Waals surface area (Å²) in [6, 6.07) is -0.536. The summed E-state index contributed by atoms with van der Waals surface area (Å²) in [6.45, 7) is 8.30. The number of rotatable bonds is 7. The summed E-state index contributed by atoms with van der Waals surface area (Å²) >= 11 is 0. The van der Waals surface area contributed by atoms with Crippen molar-refractivity contribution in [3.63, 3.8) is 0 Å². The predicted molar refractivity (Wildman–Crippen MR) is 128 cm³/mol. The second kappa shape index (κ2) is 12.2. The van der Waals surface area contributed by atoms with Gasteiger partial charge in [-0.1, -0.05) is 19.3 Å². The number of carbonyl (C=O) groups is 3. The molecule has 194 valence electrons. The van der Waals surface area contributed by atoms with E-state index in [1.165, 1.54) is 6.42 Å². The van der Waals surface area contributed by atoms with Crippen LogP contribution in [0.2, 0.25) is 0 Å². The predicted octanol–water partition coefficient (Wildman–Crippen LogP) is 3.02. The molecule has 0 aromatic rings. The van der Waals surface area contributed by atoms with Gasteiger partial charge in [0.1, 0.15) is 11.6 Å². The third-order valence-corrected chi connectivity index (χ3v) is 7.09. The normalized spacial score (nSPS) is 22.9. The zero-order chi connectivity index (χ0) is 24.7. The summed E-state index contributed by atoms with van der Waals surface area (Å²) in [5.41, 5.74) is -0.607. The molecule has 9 heteroatoms. The van der Waals surface area contributed by atoms with Crippen LogP contribution in [0.5, 0.6) is 0 Å². The van der Waals surface area contributed by atoms with Gasteiger partial charge in [0.2, 0.25) is 5.91 Å². The van der Waals surface area contributed by atoms with Crippen molar-refractivity contribution < 1.29 is 29.0 Å². The third kappa shape index (κ3) is 8.41. The first-order valence-corrected chi connectivity index (χ1v) is 13.0. The molecule has 34 heavy (non-hydrogen) atoms. The van der Waals surface area contributed by atoms with Crippen LogP contribution in [0.3, 0.4) is 0 Å². The van der Waals surface area contributed by atoms with Gasteiger partial charge < -0.3 is 24.8 Å². The number of aliphatic carboxylic acids is 1. The number of likely N-dealkylation sites (tertiary alicyclic amines) is 2. The van der Waals surface area contributed by atoms with Crippen LogP contribution in [0.1, 0.15) is 78.6 Å². The Morgan fingerprint density at radius 3 is 2.00 bits per heavy atom. The molecule has 3 aliphatic rings. The zero-order valence-corrected chi connectivity index (χ0v) is 21.1. The quantitative estimate of drug-likeness (QED) is 0.575. The number of carbonyl (C=O) groups excluding carboxylic acids is 2. The number of hydrogen-bond acceptors (Lipinski definition) is 6. The lowest BCUT2D eigenvalue weighted by Crippen LogP contribution is -2.55. The van der Waals surface area contributed by atoms with E-state index in [0.29, 0.717) is 13.1 Å². The highest BCUT2D eigenvalue weighted by atomic mass is 16.6. The molecule has 3 fully saturated rings. The van der Waals surface area contributed by atoms with Gasteiger partial charge in [0, 0.05) is 26.2 Å². The van der Waals surface area contributed by atoms with Gasteiger partial charge in [-0.2, -0.15) is 0 Å². The third-order valence-electron chi connectivity index (χ3n) is 7.09. The smallest absolute Gasteiger partial charge is 0.408 e. The van der Waals surface area contributed by atoms with E-state index in [4.69, 9.17) is 14.6 Å². The Balaban J connectivity index is 1.49. The molecule has 0 radical (unpaired) electrons. The molecule has 1 aliphatic carbocycles. The van der Waals surface area contributed by atoms with E-state index in [9.17, 15) is 14.4 Å². The second-order valence-electron chi connectivity index (χ2n) is 11.1. The van der Waals surface area contributed by atoms with Crippen LogP contribution in [-0.2, 0) is 19.1 Å². The first kappa shape index (κ1) is 26.7. The minimum absolute atomic E-state index is 0.00168. The molecule has 0 aromatic heterocycles. The number of nitrogens with zero attached hydrogens (tertiary/aromatic N) is 2. The Hall–Kier alpha value is -1.87. The van der Waals surface area contributed by atoms with Crippen LogP contribution in [0.4, 0.5) is 4.79 Å². The molecule has 0 bridgehead atoms. The average molecular weight is 482 g/mol. The largest absolute Gasteiger partial charge is 0.480 e. The van der Waals surface area contributed by atoms with Gasteiger partial charge >= 0.3 is 12.1 Å². The lowest BCUT2D eigenvalue weighted by molar-refractivity contribution is -0.141. The van der Waals surface area contributed by atoms with Crippen molar-refractivity contribution in [2.45, 2.75) is 102 Å². The Morgan fingerprint density at radius 2 is 1.47 bits per heavy atom. The summed E-state index contributed by atoms with van der Waals surface area (Å²) < 4.78 is 11.8. The highest BCUT2D eigenvalue weighted by Gasteiger charge is 2.37. The van der Waals surface area contributed by atoms with Gasteiger partial charge in [-0.25, -0.2) is 4.79 Å². The molecule has 0 spiro atoms. The number of alkyl carbamates (subject to hydrolysis) is 1. The van der Waals surface area contributed by atoms with Crippen molar-refractivity contribution in [3.05, 3.63) is 0 Å². The fourth-order valence-corrected chi connectivity index (χ4v) is 5.36. The Bertz CT molecular complexity index is 687. The maximum atomic E-state index is 13.5. The number of carboxylic acids is 1. The van der Waals surface area contributed by atoms with E-state index < -0.39 is 23.7 Å². The number of amides is 2. The van der Waals surface area contributed by atoms with E-state index in [1.54, 1.807) is 0 Å². The summed E-state index contributed by atoms with van der Waals surface area (Å²) in [7, 11) is 0. The van der Waals surface area contributed by atoms with Crippen LogP contribution in [-0.4, -0.2) is 89.5 Å². The van der Waals surface area contributed by atoms with Crippen LogP contribution in [0.25, 0.3) is 0 Å². The molecule has 0 aromatic carbocycles. The van der Waals surface area contributed by atoms with Crippen LogP contribution in [0, 0.1) is 5.92 Å². The second-order valence-corrected chi connectivity index (χ2v) is 11.1. The standard InChI is InChI=1S/C25H43N3O6/c1-25(2,3)34-24(32)26-22(18-7-5-4-6-8-18)23(31)28-15-11-20(12-16-28)33-19-9-13-27(14-10-19)17-21(29)30/h18-20,22H,4-17H2,1-3H3,(H,26,32)(H,29,30)/t22-/m1/s1. The van der Waals surface area contributed by atoms with Crippen molar-refractivity contribution in [1.29, 1.82) is 0 Å². The first-order chi connectivity index (χ1) is 16.1. The monoisotopic (exact) mass is 481 g/mol. The Labute approximate surface area is 203 Å². The van der Waals surface area contributed by atoms with Crippen LogP contribution >= 0.6 is 0 Å². The molecular formula is C25H43N3O6. The maximum Gasteiger partial charge on any atom is 0.408 e. The molecular weight excluding hydrogens is 438 g/mol. The lowest BCUT2D eigenvalue weighted by Gasteiger charge is -2.39. The van der Waals surface area contributed by atoms with E-state index >= 15 is 0 Å². The molecule has 1 atom stereocenters. The summed E-state index contributed by atoms with van der Waals surface area (Å²) in [5, 5.41) is 11.9. The minimum Gasteiger partial charge on any atom is -0.480 e. The molecule has 2 N–H and O–H groups in total. The average Bonchev–Trinajstić information content (AvgIpc) is 2.78. The topological polar surface area (TPSA) is 108 Å². The molecule has 3 rings (SSSR count). The molecule has 2 amide bonds. The van der Waals surface area contributed by atoms with E-state index in [0.717, 1.165) is 64.5 Å². The fraction of sp³-hybridized carbons (Fsp3) is 0.880. The Morgan fingerprint density at radius 1 is 0.912 bits per heavy atom.